The zero-order valence-electron chi connectivity index (χ0n) is 10.5. The van der Waals surface area contributed by atoms with Gasteiger partial charge in [-0.1, -0.05) is 0 Å². The second-order valence-electron chi connectivity index (χ2n) is 4.44. The number of nitrogens with zero attached hydrogens (tertiary/aromatic N) is 2. The van der Waals surface area contributed by atoms with Crippen molar-refractivity contribution in [3.05, 3.63) is 0 Å². The lowest BCUT2D eigenvalue weighted by Gasteiger charge is -2.20. The molecular formula is C11H19N3O3. The summed E-state index contributed by atoms with van der Waals surface area (Å²) in [5.74, 6) is -0.444. The molecule has 0 spiro atoms. The van der Waals surface area contributed by atoms with E-state index in [1.54, 1.807) is 21.0 Å². The molecule has 0 aromatic heterocycles. The highest BCUT2D eigenvalue weighted by Crippen LogP contribution is 2.08. The van der Waals surface area contributed by atoms with Gasteiger partial charge in [0, 0.05) is 27.1 Å². The third-order valence-electron chi connectivity index (χ3n) is 2.69. The van der Waals surface area contributed by atoms with Crippen LogP contribution in [0.4, 0.5) is 0 Å². The Balaban J connectivity index is 2.39. The topological polar surface area (TPSA) is 69.7 Å². The molecule has 0 aliphatic carbocycles. The van der Waals surface area contributed by atoms with Crippen molar-refractivity contribution in [2.24, 2.45) is 0 Å². The SMILES string of the molecule is CC(NC(=O)CN1CCCC1=O)C(=O)N(C)C. The van der Waals surface area contributed by atoms with Gasteiger partial charge in [0.1, 0.15) is 6.04 Å². The molecular weight excluding hydrogens is 222 g/mol. The fourth-order valence-corrected chi connectivity index (χ4v) is 1.78. The predicted octanol–water partition coefficient (Wildman–Crippen LogP) is -0.798. The van der Waals surface area contributed by atoms with Gasteiger partial charge in [-0.3, -0.25) is 14.4 Å². The van der Waals surface area contributed by atoms with Crippen molar-refractivity contribution in [3.8, 4) is 0 Å². The molecule has 1 fully saturated rings. The van der Waals surface area contributed by atoms with Crippen molar-refractivity contribution in [1.82, 2.24) is 15.1 Å². The third kappa shape index (κ3) is 3.72. The van der Waals surface area contributed by atoms with Crippen molar-refractivity contribution in [2.45, 2.75) is 25.8 Å². The lowest BCUT2D eigenvalue weighted by atomic mass is 10.3. The molecule has 17 heavy (non-hydrogen) atoms. The van der Waals surface area contributed by atoms with E-state index in [0.717, 1.165) is 6.42 Å². The summed E-state index contributed by atoms with van der Waals surface area (Å²) < 4.78 is 0. The third-order valence-corrected chi connectivity index (χ3v) is 2.69. The fourth-order valence-electron chi connectivity index (χ4n) is 1.78. The lowest BCUT2D eigenvalue weighted by Crippen LogP contribution is -2.47. The second-order valence-corrected chi connectivity index (χ2v) is 4.44. The van der Waals surface area contributed by atoms with Crippen LogP contribution < -0.4 is 5.32 Å². The molecule has 1 aliphatic rings. The zero-order chi connectivity index (χ0) is 13.0. The van der Waals surface area contributed by atoms with E-state index < -0.39 is 6.04 Å². The molecule has 3 amide bonds. The molecule has 0 saturated carbocycles. The van der Waals surface area contributed by atoms with Crippen LogP contribution in [0.1, 0.15) is 19.8 Å². The average Bonchev–Trinajstić information content (AvgIpc) is 2.62. The van der Waals surface area contributed by atoms with E-state index >= 15 is 0 Å². The van der Waals surface area contributed by atoms with E-state index in [1.807, 2.05) is 0 Å². The summed E-state index contributed by atoms with van der Waals surface area (Å²) in [5, 5.41) is 2.58. The predicted molar refractivity (Wildman–Crippen MR) is 62.1 cm³/mol. The Hall–Kier alpha value is -1.59. The van der Waals surface area contributed by atoms with E-state index in [0.29, 0.717) is 13.0 Å². The first kappa shape index (κ1) is 13.5. The first-order valence-corrected chi connectivity index (χ1v) is 5.70. The zero-order valence-corrected chi connectivity index (χ0v) is 10.5. The van der Waals surface area contributed by atoms with Gasteiger partial charge in [-0.15, -0.1) is 0 Å². The van der Waals surface area contributed by atoms with Crippen molar-refractivity contribution in [1.29, 1.82) is 0 Å². The van der Waals surface area contributed by atoms with Gasteiger partial charge in [-0.25, -0.2) is 0 Å². The summed E-state index contributed by atoms with van der Waals surface area (Å²) in [7, 11) is 3.27. The van der Waals surface area contributed by atoms with Crippen LogP contribution in [0.5, 0.6) is 0 Å². The Morgan fingerprint density at radius 3 is 2.59 bits per heavy atom. The maximum absolute atomic E-state index is 11.6. The van der Waals surface area contributed by atoms with Crippen LogP contribution in [-0.4, -0.2) is 60.7 Å². The Morgan fingerprint density at radius 2 is 2.12 bits per heavy atom. The molecule has 96 valence electrons. The minimum atomic E-state index is -0.560. The second kappa shape index (κ2) is 5.65. The first-order chi connectivity index (χ1) is 7.91. The highest BCUT2D eigenvalue weighted by molar-refractivity contribution is 5.90. The standard InChI is InChI=1S/C11H19N3O3/c1-8(11(17)13(2)3)12-9(15)7-14-6-4-5-10(14)16/h8H,4-7H2,1-3H3,(H,12,15). The quantitative estimate of drug-likeness (QED) is 0.700. The molecule has 1 atom stereocenters. The molecule has 1 heterocycles. The smallest absolute Gasteiger partial charge is 0.244 e. The highest BCUT2D eigenvalue weighted by Gasteiger charge is 2.24. The normalized spacial score (nSPS) is 16.9. The van der Waals surface area contributed by atoms with E-state index in [9.17, 15) is 14.4 Å². The van der Waals surface area contributed by atoms with Gasteiger partial charge in [0.25, 0.3) is 0 Å². The molecule has 0 aromatic rings. The minimum Gasteiger partial charge on any atom is -0.347 e. The van der Waals surface area contributed by atoms with Crippen molar-refractivity contribution < 1.29 is 14.4 Å². The summed E-state index contributed by atoms with van der Waals surface area (Å²) >= 11 is 0. The Labute approximate surface area is 101 Å². The summed E-state index contributed by atoms with van der Waals surface area (Å²) in [6, 6.07) is -0.560. The molecule has 0 radical (unpaired) electrons. The van der Waals surface area contributed by atoms with E-state index in [-0.39, 0.29) is 24.3 Å². The van der Waals surface area contributed by atoms with Crippen LogP contribution in [0.15, 0.2) is 0 Å². The Morgan fingerprint density at radius 1 is 1.47 bits per heavy atom. The monoisotopic (exact) mass is 241 g/mol. The van der Waals surface area contributed by atoms with Crippen LogP contribution in [0.2, 0.25) is 0 Å². The number of carbonyl (C=O) groups is 3. The number of rotatable bonds is 4. The van der Waals surface area contributed by atoms with Crippen LogP contribution in [0.3, 0.4) is 0 Å². The Kier molecular flexibility index (Phi) is 4.48. The average molecular weight is 241 g/mol. The molecule has 0 aromatic carbocycles. The fraction of sp³-hybridized carbons (Fsp3) is 0.727. The number of hydrogen-bond acceptors (Lipinski definition) is 3. The van der Waals surface area contributed by atoms with Gasteiger partial charge in [-0.05, 0) is 13.3 Å². The molecule has 1 saturated heterocycles. The van der Waals surface area contributed by atoms with Gasteiger partial charge in [0.05, 0.1) is 6.54 Å². The Bertz CT molecular complexity index is 328. The van der Waals surface area contributed by atoms with Crippen molar-refractivity contribution in [2.75, 3.05) is 27.2 Å². The first-order valence-electron chi connectivity index (χ1n) is 5.70. The van der Waals surface area contributed by atoms with Crippen LogP contribution >= 0.6 is 0 Å². The number of amides is 3. The highest BCUT2D eigenvalue weighted by atomic mass is 16.2. The minimum absolute atomic E-state index is 0.00624. The largest absolute Gasteiger partial charge is 0.347 e. The molecule has 1 unspecified atom stereocenters. The lowest BCUT2D eigenvalue weighted by molar-refractivity contribution is -0.136. The van der Waals surface area contributed by atoms with E-state index in [2.05, 4.69) is 5.32 Å². The van der Waals surface area contributed by atoms with Crippen molar-refractivity contribution >= 4 is 17.7 Å². The summed E-state index contributed by atoms with van der Waals surface area (Å²) in [5.41, 5.74) is 0. The number of nitrogens with one attached hydrogen (secondary N) is 1. The van der Waals surface area contributed by atoms with E-state index in [1.165, 1.54) is 9.80 Å². The van der Waals surface area contributed by atoms with Gasteiger partial charge in [-0.2, -0.15) is 0 Å². The van der Waals surface area contributed by atoms with Gasteiger partial charge >= 0.3 is 0 Å². The summed E-state index contributed by atoms with van der Waals surface area (Å²) in [6.45, 7) is 2.30. The van der Waals surface area contributed by atoms with Gasteiger partial charge in [0.15, 0.2) is 0 Å². The molecule has 0 bridgehead atoms. The molecule has 1 aliphatic heterocycles. The van der Waals surface area contributed by atoms with Crippen LogP contribution in [0.25, 0.3) is 0 Å². The van der Waals surface area contributed by atoms with Crippen LogP contribution in [0, 0.1) is 0 Å². The molecule has 1 N–H and O–H groups in total. The van der Waals surface area contributed by atoms with Crippen molar-refractivity contribution in [3.63, 3.8) is 0 Å². The molecule has 6 nitrogen and oxygen atoms in total. The molecule has 1 rings (SSSR count). The van der Waals surface area contributed by atoms with Gasteiger partial charge in [0.2, 0.25) is 17.7 Å². The molecule has 6 heteroatoms. The number of hydrogen-bond donors (Lipinski definition) is 1. The van der Waals surface area contributed by atoms with E-state index in [4.69, 9.17) is 0 Å². The maximum Gasteiger partial charge on any atom is 0.244 e. The number of carbonyl (C=O) groups excluding carboxylic acids is 3. The summed E-state index contributed by atoms with van der Waals surface area (Å²) in [4.78, 5) is 37.4. The van der Waals surface area contributed by atoms with Gasteiger partial charge < -0.3 is 15.1 Å². The number of likely N-dealkylation sites (tertiary alicyclic amines) is 1. The van der Waals surface area contributed by atoms with Crippen LogP contribution in [-0.2, 0) is 14.4 Å². The summed E-state index contributed by atoms with van der Waals surface area (Å²) in [6.07, 6.45) is 1.32. The number of likely N-dealkylation sites (N-methyl/N-ethyl adjacent to an activating group) is 1. The maximum atomic E-state index is 11.6.